The summed E-state index contributed by atoms with van der Waals surface area (Å²) in [5.74, 6) is 2.48. The van der Waals surface area contributed by atoms with Crippen LogP contribution in [0.2, 0.25) is 0 Å². The Labute approximate surface area is 387 Å². The molecule has 0 N–H and O–H groups in total. The van der Waals surface area contributed by atoms with Gasteiger partial charge >= 0.3 is 0 Å². The molecule has 0 saturated carbocycles. The summed E-state index contributed by atoms with van der Waals surface area (Å²) in [6.07, 6.45) is 0. The van der Waals surface area contributed by atoms with Gasteiger partial charge in [-0.05, 0) is 58.1 Å². The van der Waals surface area contributed by atoms with E-state index < -0.39 is 0 Å². The first-order valence-corrected chi connectivity index (χ1v) is 22.3. The number of benzene rings is 9. The van der Waals surface area contributed by atoms with Crippen LogP contribution >= 0.6 is 0 Å². The number of para-hydroxylation sites is 2. The summed E-state index contributed by atoms with van der Waals surface area (Å²) in [5, 5.41) is 2.22. The fourth-order valence-corrected chi connectivity index (χ4v) is 8.77. The number of rotatable bonds is 9. The van der Waals surface area contributed by atoms with Crippen molar-refractivity contribution in [2.75, 3.05) is 0 Å². The van der Waals surface area contributed by atoms with Gasteiger partial charge in [-0.3, -0.25) is 0 Å². The van der Waals surface area contributed by atoms with Crippen LogP contribution in [0.25, 0.3) is 123 Å². The van der Waals surface area contributed by atoms with E-state index in [0.29, 0.717) is 23.3 Å². The molecule has 0 aliphatic rings. The highest BCUT2D eigenvalue weighted by molar-refractivity contribution is 6.09. The fraction of sp³-hybridized carbons (Fsp3) is 0. The monoisotopic (exact) mass is 857 g/mol. The van der Waals surface area contributed by atoms with Crippen LogP contribution in [0.1, 0.15) is 0 Å². The second kappa shape index (κ2) is 17.1. The third-order valence-corrected chi connectivity index (χ3v) is 12.2. The lowest BCUT2D eigenvalue weighted by molar-refractivity contribution is 0.670. The van der Waals surface area contributed by atoms with Gasteiger partial charge in [0, 0.05) is 49.7 Å². The van der Waals surface area contributed by atoms with Gasteiger partial charge < -0.3 is 4.42 Å². The SMILES string of the molecule is c1ccc(-c2cccc(-c3nc(-c4ccccc4)nc(-c4cccc(-c5cccc(-c6cc(-c7ccc(-c8cccc9c8oc8ccccc89)cc7)nc(-c7ccccc7)n6)c5)c4)n3)c2)cc1. The number of hydrogen-bond donors (Lipinski definition) is 0. The molecular formula is C61H39N5O. The summed E-state index contributed by atoms with van der Waals surface area (Å²) in [4.78, 5) is 25.5. The molecule has 3 heterocycles. The van der Waals surface area contributed by atoms with E-state index in [4.69, 9.17) is 29.3 Å². The van der Waals surface area contributed by atoms with Crippen LogP contribution in [-0.4, -0.2) is 24.9 Å². The molecule has 6 nitrogen and oxygen atoms in total. The predicted molar refractivity (Wildman–Crippen MR) is 272 cm³/mol. The zero-order valence-corrected chi connectivity index (χ0v) is 36.2. The van der Waals surface area contributed by atoms with Crippen molar-refractivity contribution in [3.63, 3.8) is 0 Å². The smallest absolute Gasteiger partial charge is 0.164 e. The topological polar surface area (TPSA) is 77.6 Å². The molecule has 0 unspecified atom stereocenters. The maximum atomic E-state index is 6.38. The summed E-state index contributed by atoms with van der Waals surface area (Å²) >= 11 is 0. The number of nitrogens with zero attached hydrogens (tertiary/aromatic N) is 5. The molecule has 0 aliphatic carbocycles. The third kappa shape index (κ3) is 7.83. The van der Waals surface area contributed by atoms with Gasteiger partial charge in [-0.25, -0.2) is 24.9 Å². The van der Waals surface area contributed by atoms with Gasteiger partial charge in [0.15, 0.2) is 23.3 Å². The van der Waals surface area contributed by atoms with Crippen molar-refractivity contribution in [3.05, 3.63) is 237 Å². The van der Waals surface area contributed by atoms with Crippen LogP contribution in [0.15, 0.2) is 241 Å². The van der Waals surface area contributed by atoms with Crippen LogP contribution < -0.4 is 0 Å². The van der Waals surface area contributed by atoms with E-state index >= 15 is 0 Å². The Balaban J connectivity index is 0.909. The maximum absolute atomic E-state index is 6.38. The molecule has 6 heteroatoms. The number of hydrogen-bond acceptors (Lipinski definition) is 6. The van der Waals surface area contributed by atoms with E-state index in [0.717, 1.165) is 100 Å². The standard InChI is InChI=1S/C61H39N5O/c1-4-16-40(17-5-1)45-22-13-26-49(37-45)60-64-59(44-20-8-3-9-21-44)65-61(66-60)50-27-14-24-47(38-50)46-23-12-25-48(36-46)55-39-54(62-58(63-55)43-18-6-2-7-19-43)42-34-32-41(33-35-42)51-29-15-30-53-52-28-10-11-31-56(52)67-57(51)53/h1-39H. The Kier molecular flexibility index (Phi) is 10.1. The molecule has 3 aromatic heterocycles. The van der Waals surface area contributed by atoms with Gasteiger partial charge in [0.2, 0.25) is 0 Å². The van der Waals surface area contributed by atoms with Gasteiger partial charge in [-0.1, -0.05) is 206 Å². The Hall–Kier alpha value is -9.13. The van der Waals surface area contributed by atoms with Gasteiger partial charge in [0.05, 0.1) is 11.4 Å². The van der Waals surface area contributed by atoms with Gasteiger partial charge in [0.25, 0.3) is 0 Å². The third-order valence-electron chi connectivity index (χ3n) is 12.2. The molecule has 0 saturated heterocycles. The largest absolute Gasteiger partial charge is 0.455 e. The Morgan fingerprint density at radius 2 is 0.642 bits per heavy atom. The Bertz CT molecular complexity index is 3740. The minimum absolute atomic E-state index is 0.597. The molecule has 0 aliphatic heterocycles. The van der Waals surface area contributed by atoms with Crippen LogP contribution in [-0.2, 0) is 0 Å². The molecule has 0 spiro atoms. The van der Waals surface area contributed by atoms with E-state index in [1.165, 1.54) is 0 Å². The van der Waals surface area contributed by atoms with E-state index in [-0.39, 0.29) is 0 Å². The van der Waals surface area contributed by atoms with Crippen molar-refractivity contribution in [1.82, 2.24) is 24.9 Å². The van der Waals surface area contributed by atoms with Crippen molar-refractivity contribution in [1.29, 1.82) is 0 Å². The molecule has 9 aromatic carbocycles. The van der Waals surface area contributed by atoms with Gasteiger partial charge in [0.1, 0.15) is 11.2 Å². The zero-order valence-electron chi connectivity index (χ0n) is 36.2. The molecule has 12 aromatic rings. The molecule has 0 radical (unpaired) electrons. The van der Waals surface area contributed by atoms with Gasteiger partial charge in [-0.15, -0.1) is 0 Å². The highest BCUT2D eigenvalue weighted by Crippen LogP contribution is 2.38. The van der Waals surface area contributed by atoms with Crippen molar-refractivity contribution in [2.24, 2.45) is 0 Å². The average molecular weight is 858 g/mol. The normalized spacial score (nSPS) is 11.3. The van der Waals surface area contributed by atoms with Crippen molar-refractivity contribution in [2.45, 2.75) is 0 Å². The van der Waals surface area contributed by atoms with Crippen LogP contribution in [0, 0.1) is 0 Å². The minimum Gasteiger partial charge on any atom is -0.455 e. The fourth-order valence-electron chi connectivity index (χ4n) is 8.77. The highest BCUT2D eigenvalue weighted by atomic mass is 16.3. The lowest BCUT2D eigenvalue weighted by Gasteiger charge is -2.12. The molecule has 314 valence electrons. The van der Waals surface area contributed by atoms with Crippen molar-refractivity contribution in [3.8, 4) is 101 Å². The predicted octanol–water partition coefficient (Wildman–Crippen LogP) is 15.6. The number of fused-ring (bicyclic) bond motifs is 3. The summed E-state index contributed by atoms with van der Waals surface area (Å²) in [5.41, 5.74) is 15.5. The molecule has 67 heavy (non-hydrogen) atoms. The van der Waals surface area contributed by atoms with E-state index in [9.17, 15) is 0 Å². The number of aromatic nitrogens is 5. The second-order valence-electron chi connectivity index (χ2n) is 16.5. The molecule has 12 rings (SSSR count). The molecule has 0 bridgehead atoms. The lowest BCUT2D eigenvalue weighted by atomic mass is 9.98. The zero-order chi connectivity index (χ0) is 44.5. The van der Waals surface area contributed by atoms with E-state index in [2.05, 4.69) is 170 Å². The van der Waals surface area contributed by atoms with Crippen LogP contribution in [0.5, 0.6) is 0 Å². The molecule has 0 atom stereocenters. The maximum Gasteiger partial charge on any atom is 0.164 e. The highest BCUT2D eigenvalue weighted by Gasteiger charge is 2.17. The van der Waals surface area contributed by atoms with Gasteiger partial charge in [-0.2, -0.15) is 0 Å². The van der Waals surface area contributed by atoms with E-state index in [1.54, 1.807) is 0 Å². The minimum atomic E-state index is 0.597. The first-order chi connectivity index (χ1) is 33.2. The Morgan fingerprint density at radius 3 is 1.25 bits per heavy atom. The van der Waals surface area contributed by atoms with Crippen molar-refractivity contribution >= 4 is 21.9 Å². The summed E-state index contributed by atoms with van der Waals surface area (Å²) < 4.78 is 6.38. The molecule has 0 amide bonds. The Morgan fingerprint density at radius 1 is 0.239 bits per heavy atom. The quantitative estimate of drug-likeness (QED) is 0.144. The lowest BCUT2D eigenvalue weighted by Crippen LogP contribution is -2.00. The van der Waals surface area contributed by atoms with Crippen LogP contribution in [0.4, 0.5) is 0 Å². The van der Waals surface area contributed by atoms with E-state index in [1.807, 2.05) is 66.7 Å². The summed E-state index contributed by atoms with van der Waals surface area (Å²) in [6, 6.07) is 81.1. The number of furan rings is 1. The molecular weight excluding hydrogens is 819 g/mol. The summed E-state index contributed by atoms with van der Waals surface area (Å²) in [7, 11) is 0. The second-order valence-corrected chi connectivity index (χ2v) is 16.5. The summed E-state index contributed by atoms with van der Waals surface area (Å²) in [6.45, 7) is 0. The first-order valence-electron chi connectivity index (χ1n) is 22.3. The van der Waals surface area contributed by atoms with Crippen molar-refractivity contribution < 1.29 is 4.42 Å². The van der Waals surface area contributed by atoms with Crippen LogP contribution in [0.3, 0.4) is 0 Å². The first kappa shape index (κ1) is 39.5. The molecule has 0 fully saturated rings. The average Bonchev–Trinajstić information content (AvgIpc) is 3.81.